The van der Waals surface area contributed by atoms with Gasteiger partial charge in [-0.05, 0) is 31.5 Å². The van der Waals surface area contributed by atoms with E-state index in [4.69, 9.17) is 14.5 Å². The SMILES string of the molecule is COc1nc(OC)nc(N2CCN(C(=O)c3csc(C4CCN(Cc5ccccc5)CC4)n3)CC2)n1. The molecule has 5 rings (SSSR count). The van der Waals surface area contributed by atoms with E-state index in [0.29, 0.717) is 43.7 Å². The maximum Gasteiger partial charge on any atom is 0.324 e. The van der Waals surface area contributed by atoms with Crippen molar-refractivity contribution in [3.63, 3.8) is 0 Å². The number of amides is 1. The number of thiazole rings is 1. The summed E-state index contributed by atoms with van der Waals surface area (Å²) in [5.41, 5.74) is 1.91. The molecule has 2 saturated heterocycles. The average Bonchev–Trinajstić information content (AvgIpc) is 3.44. The fourth-order valence-electron chi connectivity index (χ4n) is 4.68. The molecule has 2 aliphatic rings. The fraction of sp³-hybridized carbons (Fsp3) is 0.480. The zero-order chi connectivity index (χ0) is 24.9. The van der Waals surface area contributed by atoms with Crippen molar-refractivity contribution >= 4 is 23.2 Å². The Morgan fingerprint density at radius 1 is 0.917 bits per heavy atom. The number of methoxy groups -OCH3 is 2. The van der Waals surface area contributed by atoms with Gasteiger partial charge in [0, 0.05) is 44.0 Å². The lowest BCUT2D eigenvalue weighted by Crippen LogP contribution is -2.49. The number of carbonyl (C=O) groups excluding carboxylic acids is 1. The van der Waals surface area contributed by atoms with Crippen molar-refractivity contribution in [1.82, 2.24) is 29.7 Å². The third-order valence-electron chi connectivity index (χ3n) is 6.72. The Bertz CT molecular complexity index is 1140. The molecule has 0 saturated carbocycles. The zero-order valence-electron chi connectivity index (χ0n) is 20.7. The van der Waals surface area contributed by atoms with Crippen molar-refractivity contribution in [3.05, 3.63) is 52.0 Å². The van der Waals surface area contributed by atoms with Crippen LogP contribution in [0.2, 0.25) is 0 Å². The van der Waals surface area contributed by atoms with E-state index in [2.05, 4.69) is 50.2 Å². The van der Waals surface area contributed by atoms with Crippen LogP contribution < -0.4 is 14.4 Å². The molecule has 1 aromatic carbocycles. The fourth-order valence-corrected chi connectivity index (χ4v) is 5.64. The van der Waals surface area contributed by atoms with Gasteiger partial charge in [0.25, 0.3) is 5.91 Å². The minimum atomic E-state index is -0.00975. The molecule has 2 aromatic heterocycles. The van der Waals surface area contributed by atoms with Gasteiger partial charge in [0.15, 0.2) is 0 Å². The van der Waals surface area contributed by atoms with Crippen LogP contribution in [0, 0.1) is 0 Å². The van der Waals surface area contributed by atoms with Crippen LogP contribution in [-0.2, 0) is 6.54 Å². The van der Waals surface area contributed by atoms with E-state index < -0.39 is 0 Å². The molecule has 36 heavy (non-hydrogen) atoms. The van der Waals surface area contributed by atoms with E-state index in [1.807, 2.05) is 15.2 Å². The van der Waals surface area contributed by atoms with E-state index in [0.717, 1.165) is 37.5 Å². The lowest BCUT2D eigenvalue weighted by Gasteiger charge is -2.34. The van der Waals surface area contributed by atoms with Gasteiger partial charge in [-0.25, -0.2) is 4.98 Å². The highest BCUT2D eigenvalue weighted by atomic mass is 32.1. The highest BCUT2D eigenvalue weighted by molar-refractivity contribution is 7.09. The van der Waals surface area contributed by atoms with Crippen molar-refractivity contribution in [1.29, 1.82) is 0 Å². The van der Waals surface area contributed by atoms with Crippen LogP contribution in [-0.4, -0.2) is 89.1 Å². The van der Waals surface area contributed by atoms with E-state index in [-0.39, 0.29) is 17.9 Å². The van der Waals surface area contributed by atoms with Gasteiger partial charge in [-0.1, -0.05) is 30.3 Å². The number of carbonyl (C=O) groups is 1. The second-order valence-corrected chi connectivity index (χ2v) is 9.88. The third-order valence-corrected chi connectivity index (χ3v) is 7.73. The Balaban J connectivity index is 1.14. The van der Waals surface area contributed by atoms with Gasteiger partial charge in [-0.3, -0.25) is 9.69 Å². The summed E-state index contributed by atoms with van der Waals surface area (Å²) in [5, 5.41) is 3.00. The number of nitrogens with zero attached hydrogens (tertiary/aromatic N) is 7. The number of benzene rings is 1. The molecule has 1 amide bonds. The average molecular weight is 510 g/mol. The molecule has 0 spiro atoms. The van der Waals surface area contributed by atoms with Gasteiger partial charge in [-0.2, -0.15) is 9.97 Å². The molecule has 0 bridgehead atoms. The number of likely N-dealkylation sites (tertiary alicyclic amines) is 1. The zero-order valence-corrected chi connectivity index (χ0v) is 21.5. The van der Waals surface area contributed by atoms with Crippen molar-refractivity contribution in [3.8, 4) is 12.0 Å². The molecule has 0 aliphatic carbocycles. The van der Waals surface area contributed by atoms with Gasteiger partial charge in [-0.15, -0.1) is 16.3 Å². The number of hydrogen-bond acceptors (Lipinski definition) is 10. The summed E-state index contributed by atoms with van der Waals surface area (Å²) in [6, 6.07) is 11.0. The maximum absolute atomic E-state index is 13.2. The molecule has 0 N–H and O–H groups in total. The van der Waals surface area contributed by atoms with Crippen LogP contribution in [0.1, 0.15) is 39.8 Å². The van der Waals surface area contributed by atoms with Gasteiger partial charge in [0.1, 0.15) is 5.69 Å². The van der Waals surface area contributed by atoms with E-state index in [9.17, 15) is 4.79 Å². The monoisotopic (exact) mass is 509 g/mol. The number of rotatable bonds is 7. The molecule has 190 valence electrons. The number of hydrogen-bond donors (Lipinski definition) is 0. The first-order chi connectivity index (χ1) is 17.6. The van der Waals surface area contributed by atoms with Crippen molar-refractivity contribution in [2.45, 2.75) is 25.3 Å². The highest BCUT2D eigenvalue weighted by Gasteiger charge is 2.28. The Morgan fingerprint density at radius 2 is 1.58 bits per heavy atom. The summed E-state index contributed by atoms with van der Waals surface area (Å²) in [6.45, 7) is 5.46. The lowest BCUT2D eigenvalue weighted by atomic mass is 9.97. The molecule has 2 fully saturated rings. The van der Waals surface area contributed by atoms with Crippen LogP contribution in [0.4, 0.5) is 5.95 Å². The highest BCUT2D eigenvalue weighted by Crippen LogP contribution is 2.31. The number of piperidine rings is 1. The topological polar surface area (TPSA) is 96.8 Å². The van der Waals surface area contributed by atoms with Crippen LogP contribution in [0.25, 0.3) is 0 Å². The largest absolute Gasteiger partial charge is 0.467 e. The predicted molar refractivity (Wildman–Crippen MR) is 137 cm³/mol. The Morgan fingerprint density at radius 3 is 2.22 bits per heavy atom. The summed E-state index contributed by atoms with van der Waals surface area (Å²) in [6.07, 6.45) is 2.15. The van der Waals surface area contributed by atoms with Crippen LogP contribution in [0.3, 0.4) is 0 Å². The normalized spacial score (nSPS) is 17.3. The number of ether oxygens (including phenoxy) is 2. The molecule has 0 atom stereocenters. The second kappa shape index (κ2) is 11.2. The molecule has 11 heteroatoms. The predicted octanol–water partition coefficient (Wildman–Crippen LogP) is 2.69. The molecule has 0 radical (unpaired) electrons. The number of piperazine rings is 1. The maximum atomic E-state index is 13.2. The third kappa shape index (κ3) is 5.57. The molecule has 4 heterocycles. The minimum absolute atomic E-state index is 0.00975. The Kier molecular flexibility index (Phi) is 7.57. The van der Waals surface area contributed by atoms with Crippen LogP contribution in [0.15, 0.2) is 35.7 Å². The molecule has 3 aromatic rings. The first kappa shape index (κ1) is 24.4. The molecule has 10 nitrogen and oxygen atoms in total. The summed E-state index contributed by atoms with van der Waals surface area (Å²) >= 11 is 1.62. The van der Waals surface area contributed by atoms with Gasteiger partial charge < -0.3 is 19.3 Å². The summed E-state index contributed by atoms with van der Waals surface area (Å²) < 4.78 is 10.3. The number of anilines is 1. The molecular formula is C25H31N7O3S. The Hall–Kier alpha value is -3.31. The Labute approximate surface area is 214 Å². The number of aromatic nitrogens is 4. The quantitative estimate of drug-likeness (QED) is 0.476. The van der Waals surface area contributed by atoms with Gasteiger partial charge >= 0.3 is 12.0 Å². The summed E-state index contributed by atoms with van der Waals surface area (Å²) in [7, 11) is 3.01. The summed E-state index contributed by atoms with van der Waals surface area (Å²) in [4.78, 5) is 37.0. The first-order valence-electron chi connectivity index (χ1n) is 12.2. The molecular weight excluding hydrogens is 478 g/mol. The van der Waals surface area contributed by atoms with E-state index >= 15 is 0 Å². The van der Waals surface area contributed by atoms with Crippen LogP contribution >= 0.6 is 11.3 Å². The molecule has 2 aliphatic heterocycles. The minimum Gasteiger partial charge on any atom is -0.467 e. The lowest BCUT2D eigenvalue weighted by molar-refractivity contribution is 0.0740. The van der Waals surface area contributed by atoms with Gasteiger partial charge in [0.05, 0.1) is 19.2 Å². The summed E-state index contributed by atoms with van der Waals surface area (Å²) in [5.74, 6) is 0.902. The van der Waals surface area contributed by atoms with Crippen molar-refractivity contribution < 1.29 is 14.3 Å². The van der Waals surface area contributed by atoms with Crippen molar-refractivity contribution in [2.75, 3.05) is 58.4 Å². The van der Waals surface area contributed by atoms with E-state index in [1.165, 1.54) is 19.8 Å². The van der Waals surface area contributed by atoms with Crippen molar-refractivity contribution in [2.24, 2.45) is 0 Å². The smallest absolute Gasteiger partial charge is 0.324 e. The van der Waals surface area contributed by atoms with E-state index in [1.54, 1.807) is 11.3 Å². The second-order valence-electron chi connectivity index (χ2n) is 9.00. The van der Waals surface area contributed by atoms with Crippen LogP contribution in [0.5, 0.6) is 12.0 Å². The van der Waals surface area contributed by atoms with Gasteiger partial charge in [0.2, 0.25) is 5.95 Å². The first-order valence-corrected chi connectivity index (χ1v) is 13.1. The standard InChI is InChI=1S/C25H31N7O3S/c1-34-24-27-23(28-25(29-24)35-2)32-14-12-31(13-15-32)22(33)20-17-36-21(26-20)19-8-10-30(11-9-19)16-18-6-4-3-5-7-18/h3-7,17,19H,8-16H2,1-2H3. The molecule has 0 unspecified atom stereocenters.